The molecule has 15 heavy (non-hydrogen) atoms. The van der Waals surface area contributed by atoms with Gasteiger partial charge < -0.3 is 15.0 Å². The standard InChI is InChI=1S/C10H18O4.Na/c1-5-10(3,4)7(9(13)14)6(2)8(11)12;/h6-7H,5H2,1-4H3,(H,11,12)(H,13,14);/q;+1/p-1. The second-order valence-corrected chi connectivity index (χ2v) is 4.27. The van der Waals surface area contributed by atoms with E-state index in [9.17, 15) is 14.7 Å². The van der Waals surface area contributed by atoms with Gasteiger partial charge in [-0.2, -0.15) is 0 Å². The van der Waals surface area contributed by atoms with Gasteiger partial charge in [-0.1, -0.05) is 34.1 Å². The molecule has 0 aromatic heterocycles. The first kappa shape index (κ1) is 17.3. The molecule has 1 N–H and O–H groups in total. The van der Waals surface area contributed by atoms with Gasteiger partial charge in [0.05, 0.1) is 5.92 Å². The number of carbonyl (C=O) groups excluding carboxylic acids is 1. The molecule has 0 rings (SSSR count). The molecule has 5 heteroatoms. The van der Waals surface area contributed by atoms with Gasteiger partial charge in [0.25, 0.3) is 0 Å². The smallest absolute Gasteiger partial charge is 0.550 e. The van der Waals surface area contributed by atoms with Gasteiger partial charge in [0.2, 0.25) is 0 Å². The molecule has 0 spiro atoms. The quantitative estimate of drug-likeness (QED) is 0.524. The maximum Gasteiger partial charge on any atom is 1.00 e. The minimum absolute atomic E-state index is 0. The summed E-state index contributed by atoms with van der Waals surface area (Å²) in [6.45, 7) is 6.74. The average molecular weight is 224 g/mol. The monoisotopic (exact) mass is 224 g/mol. The van der Waals surface area contributed by atoms with Crippen molar-refractivity contribution in [1.82, 2.24) is 0 Å². The van der Waals surface area contributed by atoms with Crippen LogP contribution in [-0.2, 0) is 9.59 Å². The fraction of sp³-hybridized carbons (Fsp3) is 0.800. The van der Waals surface area contributed by atoms with Crippen LogP contribution in [0.3, 0.4) is 0 Å². The van der Waals surface area contributed by atoms with Gasteiger partial charge in [-0.3, -0.25) is 4.79 Å². The van der Waals surface area contributed by atoms with Crippen LogP contribution in [0.25, 0.3) is 0 Å². The molecule has 0 bridgehead atoms. The molecule has 0 amide bonds. The Labute approximate surface area is 112 Å². The summed E-state index contributed by atoms with van der Waals surface area (Å²) in [7, 11) is 0. The molecule has 0 aliphatic rings. The second kappa shape index (κ2) is 6.51. The topological polar surface area (TPSA) is 77.4 Å². The molecule has 0 aliphatic carbocycles. The third-order valence-corrected chi connectivity index (χ3v) is 2.89. The first-order chi connectivity index (χ1) is 6.24. The molecular weight excluding hydrogens is 207 g/mol. The molecule has 0 aliphatic heterocycles. The number of hydrogen-bond donors (Lipinski definition) is 1. The second-order valence-electron chi connectivity index (χ2n) is 4.27. The summed E-state index contributed by atoms with van der Waals surface area (Å²) in [4.78, 5) is 21.6. The number of hydrogen-bond acceptors (Lipinski definition) is 3. The zero-order valence-corrected chi connectivity index (χ0v) is 12.0. The van der Waals surface area contributed by atoms with Gasteiger partial charge in [0, 0.05) is 11.9 Å². The third-order valence-electron chi connectivity index (χ3n) is 2.89. The van der Waals surface area contributed by atoms with Crippen molar-refractivity contribution in [3.05, 3.63) is 0 Å². The van der Waals surface area contributed by atoms with E-state index in [4.69, 9.17) is 5.11 Å². The van der Waals surface area contributed by atoms with E-state index < -0.39 is 29.2 Å². The predicted molar refractivity (Wildman–Crippen MR) is 49.4 cm³/mol. The predicted octanol–water partition coefficient (Wildman–Crippen LogP) is -2.49. The summed E-state index contributed by atoms with van der Waals surface area (Å²) < 4.78 is 0. The maximum absolute atomic E-state index is 11.0. The van der Waals surface area contributed by atoms with Crippen LogP contribution < -0.4 is 34.7 Å². The van der Waals surface area contributed by atoms with Crippen molar-refractivity contribution in [3.8, 4) is 0 Å². The maximum atomic E-state index is 11.0. The third kappa shape index (κ3) is 4.53. The number of carboxylic acid groups (broad SMARTS) is 2. The Balaban J connectivity index is 0. The fourth-order valence-electron chi connectivity index (χ4n) is 1.58. The fourth-order valence-corrected chi connectivity index (χ4v) is 1.58. The minimum atomic E-state index is -1.31. The zero-order chi connectivity index (χ0) is 11.5. The van der Waals surface area contributed by atoms with E-state index >= 15 is 0 Å². The molecule has 0 fully saturated rings. The summed E-state index contributed by atoms with van der Waals surface area (Å²) in [6, 6.07) is 0. The van der Waals surface area contributed by atoms with Crippen molar-refractivity contribution in [2.45, 2.75) is 34.1 Å². The zero-order valence-electron chi connectivity index (χ0n) is 10.0. The molecule has 0 heterocycles. The van der Waals surface area contributed by atoms with E-state index in [1.54, 1.807) is 13.8 Å². The van der Waals surface area contributed by atoms with Crippen molar-refractivity contribution >= 4 is 11.9 Å². The molecular formula is C10H17NaO4. The summed E-state index contributed by atoms with van der Waals surface area (Å²) in [6.07, 6.45) is 0.613. The summed E-state index contributed by atoms with van der Waals surface area (Å²) in [5.41, 5.74) is -0.536. The first-order valence-corrected chi connectivity index (χ1v) is 4.67. The van der Waals surface area contributed by atoms with Crippen molar-refractivity contribution in [3.63, 3.8) is 0 Å². The normalized spacial score (nSPS) is 14.9. The van der Waals surface area contributed by atoms with Gasteiger partial charge in [-0.05, 0) is 5.41 Å². The Morgan fingerprint density at radius 3 is 2.00 bits per heavy atom. The molecule has 0 saturated carbocycles. The van der Waals surface area contributed by atoms with E-state index in [1.807, 2.05) is 6.92 Å². The van der Waals surface area contributed by atoms with Gasteiger partial charge in [0.15, 0.2) is 0 Å². The minimum Gasteiger partial charge on any atom is -0.550 e. The van der Waals surface area contributed by atoms with Crippen molar-refractivity contribution in [2.24, 2.45) is 17.3 Å². The molecule has 2 atom stereocenters. The molecule has 0 aromatic rings. The molecule has 0 aromatic carbocycles. The van der Waals surface area contributed by atoms with E-state index in [0.29, 0.717) is 6.42 Å². The van der Waals surface area contributed by atoms with Crippen LogP contribution in [0.2, 0.25) is 0 Å². The Hall–Kier alpha value is -0.0600. The Morgan fingerprint density at radius 2 is 1.80 bits per heavy atom. The van der Waals surface area contributed by atoms with E-state index in [2.05, 4.69) is 0 Å². The molecule has 0 radical (unpaired) electrons. The van der Waals surface area contributed by atoms with Crippen LogP contribution >= 0.6 is 0 Å². The average Bonchev–Trinajstić information content (AvgIpc) is 2.03. The van der Waals surface area contributed by atoms with Gasteiger partial charge in [0.1, 0.15) is 0 Å². The molecule has 4 nitrogen and oxygen atoms in total. The Bertz CT molecular complexity index is 238. The Kier molecular flexibility index (Phi) is 7.52. The van der Waals surface area contributed by atoms with Crippen molar-refractivity contribution in [1.29, 1.82) is 0 Å². The summed E-state index contributed by atoms with van der Waals surface area (Å²) in [5.74, 6) is -4.26. The number of carboxylic acids is 2. The van der Waals surface area contributed by atoms with E-state index in [-0.39, 0.29) is 29.6 Å². The van der Waals surface area contributed by atoms with E-state index in [0.717, 1.165) is 0 Å². The number of carbonyl (C=O) groups is 2. The van der Waals surface area contributed by atoms with Crippen LogP contribution in [0.5, 0.6) is 0 Å². The SMILES string of the molecule is CCC(C)(C)C(C(=O)O)C(C)C(=O)[O-].[Na+]. The molecule has 82 valence electrons. The molecule has 0 saturated heterocycles. The van der Waals surface area contributed by atoms with Gasteiger partial charge in [-0.15, -0.1) is 0 Å². The van der Waals surface area contributed by atoms with E-state index in [1.165, 1.54) is 6.92 Å². The van der Waals surface area contributed by atoms with Crippen LogP contribution in [0.1, 0.15) is 34.1 Å². The Morgan fingerprint density at radius 1 is 1.40 bits per heavy atom. The number of rotatable bonds is 5. The van der Waals surface area contributed by atoms with Crippen LogP contribution in [0, 0.1) is 17.3 Å². The van der Waals surface area contributed by atoms with Gasteiger partial charge in [-0.25, -0.2) is 0 Å². The first-order valence-electron chi connectivity index (χ1n) is 4.67. The van der Waals surface area contributed by atoms with Crippen LogP contribution in [0.4, 0.5) is 0 Å². The summed E-state index contributed by atoms with van der Waals surface area (Å²) >= 11 is 0. The largest absolute Gasteiger partial charge is 1.00 e. The van der Waals surface area contributed by atoms with Crippen molar-refractivity contribution in [2.75, 3.05) is 0 Å². The molecule has 2 unspecified atom stereocenters. The van der Waals surface area contributed by atoms with Crippen molar-refractivity contribution < 1.29 is 49.4 Å². The summed E-state index contributed by atoms with van der Waals surface area (Å²) in [5, 5.41) is 19.6. The number of aliphatic carboxylic acids is 2. The van der Waals surface area contributed by atoms with Crippen LogP contribution in [-0.4, -0.2) is 17.0 Å². The van der Waals surface area contributed by atoms with Crippen LogP contribution in [0.15, 0.2) is 0 Å². The van der Waals surface area contributed by atoms with Gasteiger partial charge >= 0.3 is 35.5 Å².